The molecule has 8 nitrogen and oxygen atoms in total. The molecular weight excluding hydrogens is 440 g/mol. The molecule has 11 heteroatoms. The van der Waals surface area contributed by atoms with Crippen molar-refractivity contribution < 1.29 is 14.0 Å². The molecule has 32 heavy (non-hydrogen) atoms. The highest BCUT2D eigenvalue weighted by atomic mass is 35.5. The van der Waals surface area contributed by atoms with Crippen molar-refractivity contribution in [2.45, 2.75) is 25.4 Å². The number of pyridine rings is 1. The predicted molar refractivity (Wildman–Crippen MR) is 120 cm³/mol. The fraction of sp³-hybridized carbons (Fsp3) is 0.381. The third-order valence-electron chi connectivity index (χ3n) is 5.40. The standard InChI is InChI=1S/C21H24ClF2N7O/c22-16-11-14(4-5-17(16)24)31(32)19(25)15-6-8-26-20-18(15)28-21(29-20)27-7-2-10-30-9-1-3-13(23)12-30/h4-6,8,11,13,25,32H,1-3,7,9-10,12H2,(H2,26,27,28,29). The number of likely N-dealkylation sites (tertiary alicyclic amines) is 1. The van der Waals surface area contributed by atoms with Gasteiger partial charge in [0.05, 0.1) is 16.2 Å². The summed E-state index contributed by atoms with van der Waals surface area (Å²) in [5, 5.41) is 22.5. The molecule has 1 saturated heterocycles. The molecule has 1 unspecified atom stereocenters. The van der Waals surface area contributed by atoms with Crippen LogP contribution in [0.3, 0.4) is 0 Å². The molecule has 1 aromatic carbocycles. The minimum Gasteiger partial charge on any atom is -0.356 e. The number of benzene rings is 1. The van der Waals surface area contributed by atoms with Crippen molar-refractivity contribution in [3.8, 4) is 0 Å². The average Bonchev–Trinajstić information content (AvgIpc) is 3.21. The Kier molecular flexibility index (Phi) is 6.83. The van der Waals surface area contributed by atoms with Gasteiger partial charge in [0, 0.05) is 24.8 Å². The maximum Gasteiger partial charge on any atom is 0.202 e. The Hall–Kier alpha value is -2.82. The van der Waals surface area contributed by atoms with Crippen molar-refractivity contribution in [1.82, 2.24) is 19.9 Å². The molecule has 3 heterocycles. The smallest absolute Gasteiger partial charge is 0.202 e. The summed E-state index contributed by atoms with van der Waals surface area (Å²) < 4.78 is 26.9. The molecule has 1 aliphatic rings. The van der Waals surface area contributed by atoms with Crippen LogP contribution in [0.4, 0.5) is 20.4 Å². The number of hydrogen-bond donors (Lipinski definition) is 4. The van der Waals surface area contributed by atoms with Crippen LogP contribution in [0.25, 0.3) is 11.2 Å². The third kappa shape index (κ3) is 4.98. The van der Waals surface area contributed by atoms with Gasteiger partial charge in [0.25, 0.3) is 0 Å². The van der Waals surface area contributed by atoms with Gasteiger partial charge in [-0.1, -0.05) is 11.6 Å². The molecule has 1 fully saturated rings. The van der Waals surface area contributed by atoms with Crippen LogP contribution in [0.15, 0.2) is 30.5 Å². The summed E-state index contributed by atoms with van der Waals surface area (Å²) in [6.07, 6.45) is 3.13. The van der Waals surface area contributed by atoms with E-state index in [1.807, 2.05) is 0 Å². The number of aromatic nitrogens is 3. The van der Waals surface area contributed by atoms with E-state index in [2.05, 4.69) is 25.2 Å². The molecule has 4 N–H and O–H groups in total. The van der Waals surface area contributed by atoms with Gasteiger partial charge in [0.15, 0.2) is 11.5 Å². The summed E-state index contributed by atoms with van der Waals surface area (Å²) in [6, 6.07) is 5.25. The number of nitrogens with zero attached hydrogens (tertiary/aromatic N) is 4. The van der Waals surface area contributed by atoms with Crippen LogP contribution >= 0.6 is 11.6 Å². The highest BCUT2D eigenvalue weighted by molar-refractivity contribution is 6.31. The number of piperidine rings is 1. The monoisotopic (exact) mass is 463 g/mol. The quantitative estimate of drug-likeness (QED) is 0.181. The average molecular weight is 464 g/mol. The second-order valence-corrected chi connectivity index (χ2v) is 8.13. The van der Waals surface area contributed by atoms with Gasteiger partial charge in [0.2, 0.25) is 5.95 Å². The summed E-state index contributed by atoms with van der Waals surface area (Å²) >= 11 is 5.78. The number of imidazole rings is 1. The number of H-pyrrole nitrogens is 1. The van der Waals surface area contributed by atoms with Crippen molar-refractivity contribution in [3.05, 3.63) is 46.9 Å². The number of rotatable bonds is 7. The number of halogens is 3. The van der Waals surface area contributed by atoms with Crippen LogP contribution in [0.1, 0.15) is 24.8 Å². The molecule has 0 saturated carbocycles. The lowest BCUT2D eigenvalue weighted by Gasteiger charge is -2.28. The van der Waals surface area contributed by atoms with Gasteiger partial charge >= 0.3 is 0 Å². The summed E-state index contributed by atoms with van der Waals surface area (Å²) in [7, 11) is 0. The summed E-state index contributed by atoms with van der Waals surface area (Å²) in [5.74, 6) is -0.374. The largest absolute Gasteiger partial charge is 0.356 e. The second-order valence-electron chi connectivity index (χ2n) is 7.72. The third-order valence-corrected chi connectivity index (χ3v) is 5.69. The first-order chi connectivity index (χ1) is 15.4. The molecular formula is C21H24ClF2N7O. The van der Waals surface area contributed by atoms with E-state index in [0.717, 1.165) is 32.0 Å². The lowest BCUT2D eigenvalue weighted by atomic mass is 10.1. The van der Waals surface area contributed by atoms with E-state index in [9.17, 15) is 14.0 Å². The van der Waals surface area contributed by atoms with Gasteiger partial charge < -0.3 is 15.2 Å². The summed E-state index contributed by atoms with van der Waals surface area (Å²) in [5.41, 5.74) is 1.37. The number of amidine groups is 1. The lowest BCUT2D eigenvalue weighted by molar-refractivity contribution is 0.138. The SMILES string of the molecule is N=C(c1ccnc2nc(NCCCN3CCCC(F)C3)[nH]c12)N(O)c1ccc(F)c(Cl)c1. The zero-order valence-corrected chi connectivity index (χ0v) is 18.0. The second kappa shape index (κ2) is 9.76. The summed E-state index contributed by atoms with van der Waals surface area (Å²) in [4.78, 5) is 13.8. The lowest BCUT2D eigenvalue weighted by Crippen LogP contribution is -2.37. The molecule has 0 spiro atoms. The predicted octanol–water partition coefficient (Wildman–Crippen LogP) is 4.21. The number of hydroxylamine groups is 1. The number of anilines is 2. The van der Waals surface area contributed by atoms with Crippen LogP contribution in [0.2, 0.25) is 5.02 Å². The number of nitrogens with one attached hydrogen (secondary N) is 3. The van der Waals surface area contributed by atoms with Crippen molar-refractivity contribution in [2.24, 2.45) is 0 Å². The van der Waals surface area contributed by atoms with Crippen LogP contribution in [-0.4, -0.2) is 63.2 Å². The van der Waals surface area contributed by atoms with Crippen molar-refractivity contribution in [1.29, 1.82) is 5.41 Å². The first-order valence-electron chi connectivity index (χ1n) is 10.4. The first kappa shape index (κ1) is 22.4. The molecule has 0 aliphatic carbocycles. The molecule has 4 rings (SSSR count). The zero-order chi connectivity index (χ0) is 22.7. The maximum atomic E-state index is 13.5. The number of fused-ring (bicyclic) bond motifs is 1. The number of hydrogen-bond acceptors (Lipinski definition) is 6. The highest BCUT2D eigenvalue weighted by Gasteiger charge is 2.20. The van der Waals surface area contributed by atoms with E-state index in [0.29, 0.717) is 47.2 Å². The minimum atomic E-state index is -0.732. The highest BCUT2D eigenvalue weighted by Crippen LogP contribution is 2.25. The van der Waals surface area contributed by atoms with E-state index >= 15 is 0 Å². The Morgan fingerprint density at radius 2 is 2.25 bits per heavy atom. The van der Waals surface area contributed by atoms with Gasteiger partial charge in [-0.05, 0) is 56.6 Å². The van der Waals surface area contributed by atoms with Crippen LogP contribution in [-0.2, 0) is 0 Å². The number of aromatic amines is 1. The van der Waals surface area contributed by atoms with E-state index in [1.165, 1.54) is 18.3 Å². The van der Waals surface area contributed by atoms with Gasteiger partial charge in [-0.2, -0.15) is 4.98 Å². The van der Waals surface area contributed by atoms with E-state index in [1.54, 1.807) is 6.07 Å². The van der Waals surface area contributed by atoms with E-state index in [4.69, 9.17) is 17.0 Å². The minimum absolute atomic E-state index is 0.150. The molecule has 3 aromatic rings. The first-order valence-corrected chi connectivity index (χ1v) is 10.8. The Bertz CT molecular complexity index is 1110. The van der Waals surface area contributed by atoms with Gasteiger partial charge in [-0.3, -0.25) is 10.6 Å². The van der Waals surface area contributed by atoms with Crippen LogP contribution in [0, 0.1) is 11.2 Å². The molecule has 0 amide bonds. The number of alkyl halides is 1. The maximum absolute atomic E-state index is 13.5. The normalized spacial score (nSPS) is 16.9. The Morgan fingerprint density at radius 3 is 3.03 bits per heavy atom. The van der Waals surface area contributed by atoms with Crippen LogP contribution < -0.4 is 10.4 Å². The van der Waals surface area contributed by atoms with Gasteiger partial charge in [-0.25, -0.2) is 18.8 Å². The fourth-order valence-corrected chi connectivity index (χ4v) is 3.94. The van der Waals surface area contributed by atoms with Crippen molar-refractivity contribution in [3.63, 3.8) is 0 Å². The molecule has 170 valence electrons. The van der Waals surface area contributed by atoms with Crippen molar-refractivity contribution in [2.75, 3.05) is 36.6 Å². The van der Waals surface area contributed by atoms with E-state index in [-0.39, 0.29) is 16.5 Å². The fourth-order valence-electron chi connectivity index (χ4n) is 3.76. The molecule has 1 atom stereocenters. The van der Waals surface area contributed by atoms with Gasteiger partial charge in [0.1, 0.15) is 12.0 Å². The van der Waals surface area contributed by atoms with Crippen LogP contribution in [0.5, 0.6) is 0 Å². The molecule has 2 aromatic heterocycles. The Balaban J connectivity index is 1.42. The van der Waals surface area contributed by atoms with E-state index < -0.39 is 12.0 Å². The van der Waals surface area contributed by atoms with Gasteiger partial charge in [-0.15, -0.1) is 0 Å². The molecule has 0 bridgehead atoms. The Labute approximate surface area is 188 Å². The Morgan fingerprint density at radius 1 is 1.41 bits per heavy atom. The molecule has 1 aliphatic heterocycles. The van der Waals surface area contributed by atoms with Crippen molar-refractivity contribution >= 4 is 40.2 Å². The zero-order valence-electron chi connectivity index (χ0n) is 17.3. The topological polar surface area (TPSA) is 104 Å². The summed E-state index contributed by atoms with van der Waals surface area (Å²) in [6.45, 7) is 2.87. The molecule has 0 radical (unpaired) electrons.